The number of hydrogen-bond donors (Lipinski definition) is 2. The van der Waals surface area contributed by atoms with Crippen molar-refractivity contribution < 1.29 is 9.59 Å². The average molecular weight is 568 g/mol. The zero-order valence-corrected chi connectivity index (χ0v) is 22.1. The molecule has 1 atom stereocenters. The van der Waals surface area contributed by atoms with E-state index in [1.54, 1.807) is 7.05 Å². The van der Waals surface area contributed by atoms with E-state index < -0.39 is 0 Å². The van der Waals surface area contributed by atoms with Crippen molar-refractivity contribution in [1.29, 1.82) is 0 Å². The zero-order chi connectivity index (χ0) is 22.3. The molecule has 0 spiro atoms. The number of carbonyl (C=O) groups is 2. The lowest BCUT2D eigenvalue weighted by atomic mass is 9.88. The summed E-state index contributed by atoms with van der Waals surface area (Å²) in [6, 6.07) is 8.51. The molecule has 0 aromatic heterocycles. The normalized spacial score (nSPS) is 20.9. The zero-order valence-electron chi connectivity index (χ0n) is 19.7. The third-order valence-electron chi connectivity index (χ3n) is 7.07. The Balaban J connectivity index is 0.00000306. The van der Waals surface area contributed by atoms with Gasteiger partial charge in [0.25, 0.3) is 0 Å². The van der Waals surface area contributed by atoms with Crippen LogP contribution in [0.15, 0.2) is 29.3 Å². The lowest BCUT2D eigenvalue weighted by molar-refractivity contribution is -0.135. The Morgan fingerprint density at radius 3 is 2.39 bits per heavy atom. The number of fused-ring (bicyclic) bond motifs is 1. The van der Waals surface area contributed by atoms with Gasteiger partial charge in [0.15, 0.2) is 5.96 Å². The summed E-state index contributed by atoms with van der Waals surface area (Å²) in [4.78, 5) is 33.6. The monoisotopic (exact) mass is 567 g/mol. The molecule has 1 aromatic rings. The number of halogens is 1. The number of amides is 2. The molecule has 8 heteroatoms. The Labute approximate surface area is 214 Å². The van der Waals surface area contributed by atoms with Crippen LogP contribution in [0.2, 0.25) is 0 Å². The van der Waals surface area contributed by atoms with Gasteiger partial charge in [-0.1, -0.05) is 43.5 Å². The second-order valence-electron chi connectivity index (χ2n) is 9.37. The summed E-state index contributed by atoms with van der Waals surface area (Å²) in [5.74, 6) is 1.54. The van der Waals surface area contributed by atoms with Gasteiger partial charge in [-0.3, -0.25) is 14.6 Å². The van der Waals surface area contributed by atoms with Gasteiger partial charge >= 0.3 is 0 Å². The van der Waals surface area contributed by atoms with Crippen molar-refractivity contribution in [3.05, 3.63) is 35.4 Å². The lowest BCUT2D eigenvalue weighted by Crippen LogP contribution is -2.45. The van der Waals surface area contributed by atoms with Crippen molar-refractivity contribution >= 4 is 41.8 Å². The molecule has 3 aliphatic rings. The Morgan fingerprint density at radius 1 is 1.03 bits per heavy atom. The average Bonchev–Trinajstić information content (AvgIpc) is 3.48. The molecule has 2 N–H and O–H groups in total. The Bertz CT molecular complexity index is 815. The minimum Gasteiger partial charge on any atom is -0.356 e. The number of carbonyl (C=O) groups excluding carboxylic acids is 2. The van der Waals surface area contributed by atoms with E-state index in [-0.39, 0.29) is 41.8 Å². The Hall–Kier alpha value is -1.84. The molecular weight excluding hydrogens is 529 g/mol. The van der Waals surface area contributed by atoms with Gasteiger partial charge in [-0.15, -0.1) is 24.0 Å². The Kier molecular flexibility index (Phi) is 9.82. The van der Waals surface area contributed by atoms with Gasteiger partial charge < -0.3 is 20.4 Å². The number of nitrogens with one attached hydrogen (secondary N) is 2. The maximum absolute atomic E-state index is 12.8. The van der Waals surface area contributed by atoms with E-state index in [4.69, 9.17) is 0 Å². The van der Waals surface area contributed by atoms with E-state index in [0.717, 1.165) is 57.8 Å². The van der Waals surface area contributed by atoms with Crippen molar-refractivity contribution in [2.45, 2.75) is 70.5 Å². The molecule has 1 aromatic carbocycles. The highest BCUT2D eigenvalue weighted by atomic mass is 127. The molecule has 1 saturated carbocycles. The molecule has 2 heterocycles. The summed E-state index contributed by atoms with van der Waals surface area (Å²) in [5.41, 5.74) is 2.52. The van der Waals surface area contributed by atoms with Crippen LogP contribution in [0.1, 0.15) is 62.5 Å². The fraction of sp³-hybridized carbons (Fsp3) is 0.640. The van der Waals surface area contributed by atoms with Crippen molar-refractivity contribution in [1.82, 2.24) is 20.4 Å². The van der Waals surface area contributed by atoms with Crippen molar-refractivity contribution in [2.24, 2.45) is 10.9 Å². The summed E-state index contributed by atoms with van der Waals surface area (Å²) in [6.45, 7) is 3.73. The molecular formula is C25H38IN5O2. The third kappa shape index (κ3) is 6.83. The number of guanidine groups is 1. The number of likely N-dealkylation sites (tertiary alicyclic amines) is 1. The highest BCUT2D eigenvalue weighted by Gasteiger charge is 2.31. The molecule has 4 rings (SSSR count). The molecule has 2 amide bonds. The van der Waals surface area contributed by atoms with Crippen LogP contribution < -0.4 is 10.6 Å². The van der Waals surface area contributed by atoms with Gasteiger partial charge in [0.2, 0.25) is 11.8 Å². The van der Waals surface area contributed by atoms with Gasteiger partial charge in [0.05, 0.1) is 0 Å². The van der Waals surface area contributed by atoms with Crippen LogP contribution >= 0.6 is 24.0 Å². The van der Waals surface area contributed by atoms with Crippen LogP contribution in [0.5, 0.6) is 0 Å². The van der Waals surface area contributed by atoms with Gasteiger partial charge in [-0.2, -0.15) is 0 Å². The molecule has 1 saturated heterocycles. The fourth-order valence-electron chi connectivity index (χ4n) is 5.19. The number of benzene rings is 1. The summed E-state index contributed by atoms with van der Waals surface area (Å²) in [6.07, 6.45) is 8.01. The highest BCUT2D eigenvalue weighted by Crippen LogP contribution is 2.27. The maximum Gasteiger partial charge on any atom is 0.225 e. The van der Waals surface area contributed by atoms with E-state index in [2.05, 4.69) is 27.8 Å². The quantitative estimate of drug-likeness (QED) is 0.240. The minimum atomic E-state index is 0. The van der Waals surface area contributed by atoms with Crippen LogP contribution in [0.4, 0.5) is 0 Å². The summed E-state index contributed by atoms with van der Waals surface area (Å²) in [7, 11) is 1.77. The Morgan fingerprint density at radius 2 is 1.73 bits per heavy atom. The predicted molar refractivity (Wildman–Crippen MR) is 141 cm³/mol. The number of nitrogens with zero attached hydrogens (tertiary/aromatic N) is 3. The molecule has 33 heavy (non-hydrogen) atoms. The predicted octanol–water partition coefficient (Wildman–Crippen LogP) is 3.27. The van der Waals surface area contributed by atoms with E-state index in [1.807, 2.05) is 21.9 Å². The van der Waals surface area contributed by atoms with Crippen molar-refractivity contribution in [2.75, 3.05) is 26.7 Å². The second-order valence-corrected chi connectivity index (χ2v) is 9.37. The van der Waals surface area contributed by atoms with Gasteiger partial charge in [-0.05, 0) is 36.8 Å². The first-order valence-electron chi connectivity index (χ1n) is 12.2. The first kappa shape index (κ1) is 25.8. The van der Waals surface area contributed by atoms with Gasteiger partial charge in [0.1, 0.15) is 0 Å². The SMILES string of the molecule is CN=C(NCCCC(=O)N1Cc2ccccc2C1)NC1CCN(C(=O)C2CCCCC2)C1.I. The summed E-state index contributed by atoms with van der Waals surface area (Å²) < 4.78 is 0. The molecule has 1 aliphatic carbocycles. The maximum atomic E-state index is 12.8. The molecule has 0 bridgehead atoms. The van der Waals surface area contributed by atoms with Crippen molar-refractivity contribution in [3.8, 4) is 0 Å². The van der Waals surface area contributed by atoms with E-state index in [0.29, 0.717) is 18.9 Å². The minimum absolute atomic E-state index is 0. The second kappa shape index (κ2) is 12.6. The van der Waals surface area contributed by atoms with Gasteiger partial charge in [0, 0.05) is 58.2 Å². The molecule has 1 unspecified atom stereocenters. The van der Waals surface area contributed by atoms with E-state index in [1.165, 1.54) is 30.4 Å². The van der Waals surface area contributed by atoms with E-state index in [9.17, 15) is 9.59 Å². The first-order chi connectivity index (χ1) is 15.6. The molecule has 2 aliphatic heterocycles. The van der Waals surface area contributed by atoms with Crippen LogP contribution in [0.25, 0.3) is 0 Å². The van der Waals surface area contributed by atoms with Crippen LogP contribution in [0, 0.1) is 5.92 Å². The third-order valence-corrected chi connectivity index (χ3v) is 7.07. The van der Waals surface area contributed by atoms with Crippen LogP contribution in [-0.4, -0.2) is 60.3 Å². The molecule has 2 fully saturated rings. The first-order valence-corrected chi connectivity index (χ1v) is 12.2. The standard InChI is InChI=1S/C25H37N5O2.HI/c1-26-25(28-22-13-15-29(18-22)24(32)19-8-3-2-4-9-19)27-14-7-12-23(31)30-16-20-10-5-6-11-21(20)17-30;/h5-6,10-11,19,22H,2-4,7-9,12-18H2,1H3,(H2,26,27,28);1H. The summed E-state index contributed by atoms with van der Waals surface area (Å²) >= 11 is 0. The topological polar surface area (TPSA) is 77.0 Å². The smallest absolute Gasteiger partial charge is 0.225 e. The fourth-order valence-corrected chi connectivity index (χ4v) is 5.19. The van der Waals surface area contributed by atoms with E-state index >= 15 is 0 Å². The number of aliphatic imine (C=N–C) groups is 1. The van der Waals surface area contributed by atoms with Crippen molar-refractivity contribution in [3.63, 3.8) is 0 Å². The largest absolute Gasteiger partial charge is 0.356 e. The molecule has 7 nitrogen and oxygen atoms in total. The number of rotatable bonds is 6. The molecule has 0 radical (unpaired) electrons. The lowest BCUT2D eigenvalue weighted by Gasteiger charge is -2.26. The highest BCUT2D eigenvalue weighted by molar-refractivity contribution is 14.0. The number of hydrogen-bond acceptors (Lipinski definition) is 3. The van der Waals surface area contributed by atoms with Crippen LogP contribution in [-0.2, 0) is 22.7 Å². The van der Waals surface area contributed by atoms with Gasteiger partial charge in [-0.25, -0.2) is 0 Å². The summed E-state index contributed by atoms with van der Waals surface area (Å²) in [5, 5.41) is 6.79. The molecule has 182 valence electrons. The van der Waals surface area contributed by atoms with Crippen LogP contribution in [0.3, 0.4) is 0 Å².